The lowest BCUT2D eigenvalue weighted by Crippen LogP contribution is -2.19. The largest absolute Gasteiger partial charge is 0.492 e. The van der Waals surface area contributed by atoms with Gasteiger partial charge in [-0.1, -0.05) is 37.0 Å². The van der Waals surface area contributed by atoms with Crippen molar-refractivity contribution in [2.75, 3.05) is 18.2 Å². The van der Waals surface area contributed by atoms with Crippen molar-refractivity contribution in [3.63, 3.8) is 0 Å². The molecule has 0 aliphatic carbocycles. The highest BCUT2D eigenvalue weighted by Gasteiger charge is 2.30. The van der Waals surface area contributed by atoms with Gasteiger partial charge in [0.1, 0.15) is 5.69 Å². The molecule has 3 aromatic rings. The van der Waals surface area contributed by atoms with Gasteiger partial charge in [0.25, 0.3) is 5.69 Å². The molecule has 0 saturated heterocycles. The number of aromatic nitrogens is 1. The lowest BCUT2D eigenvalue weighted by Gasteiger charge is -2.17. The highest BCUT2D eigenvalue weighted by Crippen LogP contribution is 2.40. The van der Waals surface area contributed by atoms with Crippen molar-refractivity contribution >= 4 is 51.9 Å². The number of nitrogens with two attached hydrogens (primary N) is 1. The zero-order valence-electron chi connectivity index (χ0n) is 23.1. The first-order valence-electron chi connectivity index (χ1n) is 12.2. The number of carboxylic acid groups (broad SMARTS) is 1. The molecule has 226 valence electrons. The Morgan fingerprint density at radius 1 is 1.14 bits per heavy atom. The number of carbonyl (C=O) groups is 1. The summed E-state index contributed by atoms with van der Waals surface area (Å²) in [5.74, 6) is -4.00. The van der Waals surface area contributed by atoms with Crippen molar-refractivity contribution < 1.29 is 33.3 Å². The van der Waals surface area contributed by atoms with Gasteiger partial charge in [-0.15, -0.1) is 0 Å². The molecule has 3 rings (SSSR count). The van der Waals surface area contributed by atoms with Gasteiger partial charge in [-0.2, -0.15) is 0 Å². The van der Waals surface area contributed by atoms with Crippen LogP contribution in [-0.2, 0) is 0 Å². The summed E-state index contributed by atoms with van der Waals surface area (Å²) in [6.45, 7) is 7.10. The Bertz CT molecular complexity index is 1550. The predicted octanol–water partition coefficient (Wildman–Crippen LogP) is 7.34. The van der Waals surface area contributed by atoms with E-state index in [1.807, 2.05) is 13.8 Å². The summed E-state index contributed by atoms with van der Waals surface area (Å²) in [6, 6.07) is 3.73. The standard InChI is InChI=1S/C13H8Cl2F2N2O3.C13H19N3O4/c1-22-12-5(14)3-2-4(7(12)16)10-8(17)9(18)6(15)11(19-10)13(20)21;1-5-10(6-2)14-12-11(15(17)18)7-8(3)9(4)13(12)16(19)20/h2-3H,1H3,(H2,18,19)(H,20,21);7,10,14H,5-6H2,1-4H3. The molecule has 0 radical (unpaired) electrons. The fourth-order valence-corrected chi connectivity index (χ4v) is 4.31. The first-order chi connectivity index (χ1) is 19.6. The molecule has 16 heteroatoms. The molecule has 12 nitrogen and oxygen atoms in total. The normalized spacial score (nSPS) is 10.6. The topological polar surface area (TPSA) is 184 Å². The van der Waals surface area contributed by atoms with Crippen LogP contribution in [0.2, 0.25) is 10.0 Å². The third-order valence-corrected chi connectivity index (χ3v) is 7.01. The molecule has 0 fully saturated rings. The molecule has 0 amide bonds. The van der Waals surface area contributed by atoms with E-state index in [0.717, 1.165) is 18.9 Å². The smallest absolute Gasteiger partial charge is 0.356 e. The predicted molar refractivity (Wildman–Crippen MR) is 155 cm³/mol. The number of aryl methyl sites for hydroxylation is 1. The molecule has 42 heavy (non-hydrogen) atoms. The highest BCUT2D eigenvalue weighted by molar-refractivity contribution is 6.35. The van der Waals surface area contributed by atoms with Crippen molar-refractivity contribution in [1.29, 1.82) is 0 Å². The summed E-state index contributed by atoms with van der Waals surface area (Å²) in [4.78, 5) is 35.9. The Kier molecular flexibility index (Phi) is 11.3. The lowest BCUT2D eigenvalue weighted by molar-refractivity contribution is -0.392. The molecule has 2 aromatic carbocycles. The number of ether oxygens (including phenoxy) is 1. The summed E-state index contributed by atoms with van der Waals surface area (Å²) < 4.78 is 33.3. The average Bonchev–Trinajstić information content (AvgIpc) is 2.92. The van der Waals surface area contributed by atoms with Gasteiger partial charge in [0.05, 0.1) is 32.7 Å². The molecule has 1 heterocycles. The highest BCUT2D eigenvalue weighted by atomic mass is 35.5. The summed E-state index contributed by atoms with van der Waals surface area (Å²) in [6.07, 6.45) is 1.47. The summed E-state index contributed by atoms with van der Waals surface area (Å²) in [7, 11) is 1.18. The van der Waals surface area contributed by atoms with Gasteiger partial charge in [-0.25, -0.2) is 18.6 Å². The number of nitro benzene ring substituents is 2. The van der Waals surface area contributed by atoms with Crippen LogP contribution in [-0.4, -0.2) is 39.1 Å². The molecule has 4 N–H and O–H groups in total. The minimum atomic E-state index is -1.53. The third kappa shape index (κ3) is 6.94. The maximum atomic E-state index is 14.3. The van der Waals surface area contributed by atoms with E-state index < -0.39 is 49.5 Å². The minimum absolute atomic E-state index is 0.0109. The van der Waals surface area contributed by atoms with Gasteiger partial charge in [0, 0.05) is 23.2 Å². The second kappa shape index (κ2) is 14.0. The van der Waals surface area contributed by atoms with Crippen molar-refractivity contribution in [1.82, 2.24) is 4.98 Å². The number of benzene rings is 2. The van der Waals surface area contributed by atoms with Gasteiger partial charge in [0.15, 0.2) is 28.8 Å². The number of nitro groups is 2. The van der Waals surface area contributed by atoms with Crippen LogP contribution in [0.25, 0.3) is 11.3 Å². The molecular formula is C26H27Cl2F2N5O7. The zero-order chi connectivity index (χ0) is 32.0. The second-order valence-electron chi connectivity index (χ2n) is 8.83. The van der Waals surface area contributed by atoms with Crippen LogP contribution < -0.4 is 15.8 Å². The SMILES string of the molecule is CCC(CC)Nc1c([N+](=O)[O-])cc(C)c(C)c1[N+](=O)[O-].COc1c(Cl)ccc(-c2nc(C(=O)O)c(Cl)c(N)c2F)c1F. The summed E-state index contributed by atoms with van der Waals surface area (Å²) >= 11 is 11.4. The second-order valence-corrected chi connectivity index (χ2v) is 9.62. The Morgan fingerprint density at radius 3 is 2.21 bits per heavy atom. The first kappa shape index (κ1) is 33.9. The van der Waals surface area contributed by atoms with Crippen LogP contribution in [0.3, 0.4) is 0 Å². The molecule has 1 aromatic heterocycles. The fourth-order valence-electron chi connectivity index (χ4n) is 3.88. The Morgan fingerprint density at radius 2 is 1.74 bits per heavy atom. The Balaban J connectivity index is 0.000000295. The molecule has 0 unspecified atom stereocenters. The molecular weight excluding hydrogens is 603 g/mol. The number of nitrogens with zero attached hydrogens (tertiary/aromatic N) is 3. The number of hydrogen-bond donors (Lipinski definition) is 3. The fraction of sp³-hybridized carbons (Fsp3) is 0.308. The molecule has 0 saturated carbocycles. The zero-order valence-corrected chi connectivity index (χ0v) is 24.6. The van der Waals surface area contributed by atoms with E-state index in [-0.39, 0.29) is 39.4 Å². The van der Waals surface area contributed by atoms with Crippen molar-refractivity contribution in [3.8, 4) is 17.0 Å². The number of carboxylic acids is 1. The number of nitrogens with one attached hydrogen (secondary N) is 1. The number of halogens is 4. The van der Waals surface area contributed by atoms with E-state index in [2.05, 4.69) is 10.3 Å². The van der Waals surface area contributed by atoms with Crippen LogP contribution in [0.4, 0.5) is 31.5 Å². The van der Waals surface area contributed by atoms with Gasteiger partial charge in [0.2, 0.25) is 0 Å². The average molecular weight is 630 g/mol. The molecule has 0 spiro atoms. The number of rotatable bonds is 9. The van der Waals surface area contributed by atoms with E-state index in [4.69, 9.17) is 38.8 Å². The van der Waals surface area contributed by atoms with Crippen LogP contribution in [0.15, 0.2) is 18.2 Å². The van der Waals surface area contributed by atoms with E-state index >= 15 is 0 Å². The molecule has 0 bridgehead atoms. The van der Waals surface area contributed by atoms with Gasteiger partial charge < -0.3 is 20.9 Å². The van der Waals surface area contributed by atoms with E-state index in [0.29, 0.717) is 11.1 Å². The number of nitrogen functional groups attached to an aromatic ring is 1. The van der Waals surface area contributed by atoms with E-state index in [1.54, 1.807) is 13.8 Å². The molecule has 0 aliphatic heterocycles. The van der Waals surface area contributed by atoms with Crippen LogP contribution >= 0.6 is 23.2 Å². The van der Waals surface area contributed by atoms with Crippen molar-refractivity contribution in [3.05, 3.63) is 76.9 Å². The molecule has 0 aliphatic rings. The van der Waals surface area contributed by atoms with Crippen molar-refractivity contribution in [2.24, 2.45) is 0 Å². The lowest BCUT2D eigenvalue weighted by atomic mass is 10.0. The van der Waals surface area contributed by atoms with Crippen LogP contribution in [0.1, 0.15) is 48.3 Å². The maximum absolute atomic E-state index is 14.3. The summed E-state index contributed by atoms with van der Waals surface area (Å²) in [5, 5.41) is 33.8. The third-order valence-electron chi connectivity index (χ3n) is 6.33. The van der Waals surface area contributed by atoms with E-state index in [9.17, 15) is 33.8 Å². The Hall–Kier alpha value is -4.30. The Labute approximate surface area is 248 Å². The number of hydrogen-bond acceptors (Lipinski definition) is 9. The minimum Gasteiger partial charge on any atom is -0.492 e. The quantitative estimate of drug-likeness (QED) is 0.160. The summed E-state index contributed by atoms with van der Waals surface area (Å²) in [5.41, 5.74) is 3.68. The molecule has 0 atom stereocenters. The van der Waals surface area contributed by atoms with E-state index in [1.165, 1.54) is 19.2 Å². The first-order valence-corrected chi connectivity index (χ1v) is 13.0. The maximum Gasteiger partial charge on any atom is 0.356 e. The van der Waals surface area contributed by atoms with Crippen LogP contribution in [0.5, 0.6) is 5.75 Å². The van der Waals surface area contributed by atoms with Gasteiger partial charge in [-0.3, -0.25) is 20.2 Å². The van der Waals surface area contributed by atoms with Gasteiger partial charge >= 0.3 is 11.7 Å². The number of pyridine rings is 1. The monoisotopic (exact) mass is 629 g/mol. The number of aromatic carboxylic acids is 1. The van der Waals surface area contributed by atoms with Crippen LogP contribution in [0, 0.1) is 45.7 Å². The number of anilines is 2. The van der Waals surface area contributed by atoms with Crippen molar-refractivity contribution in [2.45, 2.75) is 46.6 Å². The van der Waals surface area contributed by atoms with Gasteiger partial charge in [-0.05, 0) is 44.4 Å². The number of methoxy groups -OCH3 is 1.